The van der Waals surface area contributed by atoms with Gasteiger partial charge in [-0.1, -0.05) is 0 Å². The molecule has 20 heavy (non-hydrogen) atoms. The van der Waals surface area contributed by atoms with Crippen LogP contribution < -0.4 is 4.74 Å². The van der Waals surface area contributed by atoms with Gasteiger partial charge in [0.1, 0.15) is 17.3 Å². The fourth-order valence-corrected chi connectivity index (χ4v) is 2.98. The van der Waals surface area contributed by atoms with Crippen molar-refractivity contribution in [2.45, 2.75) is 13.5 Å². The smallest absolute Gasteiger partial charge is 0.345 e. The molecule has 2 rings (SSSR count). The van der Waals surface area contributed by atoms with Crippen LogP contribution in [0.2, 0.25) is 0 Å². The molecule has 7 heteroatoms. The van der Waals surface area contributed by atoms with Crippen molar-refractivity contribution in [1.82, 2.24) is 0 Å². The summed E-state index contributed by atoms with van der Waals surface area (Å²) in [5.74, 6) is -2.64. The molecule has 0 saturated carbocycles. The van der Waals surface area contributed by atoms with Crippen molar-refractivity contribution < 1.29 is 23.4 Å². The largest absolute Gasteiger partial charge is 0.485 e. The molecule has 0 fully saturated rings. The van der Waals surface area contributed by atoms with Gasteiger partial charge in [0, 0.05) is 16.5 Å². The summed E-state index contributed by atoms with van der Waals surface area (Å²) in [6.07, 6.45) is 0. The molecule has 1 N–H and O–H groups in total. The first-order valence-electron chi connectivity index (χ1n) is 5.48. The van der Waals surface area contributed by atoms with Crippen LogP contribution in [0.1, 0.15) is 20.1 Å². The van der Waals surface area contributed by atoms with E-state index in [1.54, 1.807) is 6.92 Å². The summed E-state index contributed by atoms with van der Waals surface area (Å²) in [5.41, 5.74) is 0.656. The van der Waals surface area contributed by atoms with Crippen LogP contribution in [0.3, 0.4) is 0 Å². The van der Waals surface area contributed by atoms with Crippen molar-refractivity contribution in [3.05, 3.63) is 49.6 Å². The van der Waals surface area contributed by atoms with E-state index in [0.717, 1.165) is 28.3 Å². The molecule has 1 aromatic heterocycles. The maximum absolute atomic E-state index is 13.6. The topological polar surface area (TPSA) is 46.5 Å². The van der Waals surface area contributed by atoms with Gasteiger partial charge < -0.3 is 9.84 Å². The monoisotopic (exact) mass is 362 g/mol. The zero-order valence-corrected chi connectivity index (χ0v) is 12.6. The molecule has 1 heterocycles. The first kappa shape index (κ1) is 14.9. The summed E-state index contributed by atoms with van der Waals surface area (Å²) in [6.45, 7) is 1.77. The van der Waals surface area contributed by atoms with Gasteiger partial charge in [-0.05, 0) is 35.0 Å². The Kier molecular flexibility index (Phi) is 4.39. The second-order valence-corrected chi connectivity index (χ2v) is 6.10. The molecule has 0 bridgehead atoms. The van der Waals surface area contributed by atoms with E-state index < -0.39 is 17.6 Å². The molecule has 0 aliphatic carbocycles. The average molecular weight is 363 g/mol. The molecule has 0 saturated heterocycles. The van der Waals surface area contributed by atoms with E-state index in [0.29, 0.717) is 5.56 Å². The highest BCUT2D eigenvalue weighted by molar-refractivity contribution is 9.10. The Labute approximate surface area is 125 Å². The predicted molar refractivity (Wildman–Crippen MR) is 74.4 cm³/mol. The molecule has 2 aromatic rings. The van der Waals surface area contributed by atoms with Gasteiger partial charge in [0.05, 0.1) is 4.47 Å². The zero-order valence-electron chi connectivity index (χ0n) is 10.2. The van der Waals surface area contributed by atoms with Crippen molar-refractivity contribution in [3.63, 3.8) is 0 Å². The molecule has 0 amide bonds. The number of aromatic carboxylic acids is 1. The highest BCUT2D eigenvalue weighted by Gasteiger charge is 2.14. The number of hydrogen-bond acceptors (Lipinski definition) is 3. The van der Waals surface area contributed by atoms with Crippen LogP contribution in [0.15, 0.2) is 22.7 Å². The average Bonchev–Trinajstić information content (AvgIpc) is 2.70. The van der Waals surface area contributed by atoms with Crippen LogP contribution in [-0.2, 0) is 6.61 Å². The van der Waals surface area contributed by atoms with Gasteiger partial charge in [-0.25, -0.2) is 13.6 Å². The molecule has 106 valence electrons. The first-order valence-corrected chi connectivity index (χ1v) is 7.09. The summed E-state index contributed by atoms with van der Waals surface area (Å²) in [5, 5.41) is 8.89. The standard InChI is InChI=1S/C13H9BrF2O3S/c1-6-7(2-11(20-6)13(17)18)5-19-12-9(14)3-8(15)4-10(12)16/h2-4H,5H2,1H3,(H,17,18). The number of thiophene rings is 1. The third-order valence-electron chi connectivity index (χ3n) is 2.57. The summed E-state index contributed by atoms with van der Waals surface area (Å²) < 4.78 is 32.0. The maximum Gasteiger partial charge on any atom is 0.345 e. The molecule has 0 spiro atoms. The van der Waals surface area contributed by atoms with Gasteiger partial charge >= 0.3 is 5.97 Å². The maximum atomic E-state index is 13.6. The lowest BCUT2D eigenvalue weighted by Crippen LogP contribution is -1.99. The molecule has 0 radical (unpaired) electrons. The second kappa shape index (κ2) is 5.88. The Bertz CT molecular complexity index is 647. The Morgan fingerprint density at radius 3 is 2.65 bits per heavy atom. The van der Waals surface area contributed by atoms with E-state index in [-0.39, 0.29) is 21.7 Å². The second-order valence-electron chi connectivity index (χ2n) is 3.98. The SMILES string of the molecule is Cc1sc(C(=O)O)cc1COc1c(F)cc(F)cc1Br. The summed E-state index contributed by atoms with van der Waals surface area (Å²) in [4.78, 5) is 11.8. The third kappa shape index (κ3) is 3.16. The van der Waals surface area contributed by atoms with Crippen LogP contribution >= 0.6 is 27.3 Å². The number of benzene rings is 1. The third-order valence-corrected chi connectivity index (χ3v) is 4.24. The lowest BCUT2D eigenvalue weighted by Gasteiger charge is -2.09. The van der Waals surface area contributed by atoms with Crippen molar-refractivity contribution in [1.29, 1.82) is 0 Å². The van der Waals surface area contributed by atoms with Crippen molar-refractivity contribution >= 4 is 33.2 Å². The minimum atomic E-state index is -1.02. The molecule has 3 nitrogen and oxygen atoms in total. The Hall–Kier alpha value is -1.47. The Morgan fingerprint density at radius 1 is 1.40 bits per heavy atom. The van der Waals surface area contributed by atoms with Crippen molar-refractivity contribution in [3.8, 4) is 5.75 Å². The summed E-state index contributed by atoms with van der Waals surface area (Å²) in [6, 6.07) is 3.31. The van der Waals surface area contributed by atoms with E-state index >= 15 is 0 Å². The minimum Gasteiger partial charge on any atom is -0.485 e. The normalized spacial score (nSPS) is 10.6. The summed E-state index contributed by atoms with van der Waals surface area (Å²) in [7, 11) is 0. The fraction of sp³-hybridized carbons (Fsp3) is 0.154. The van der Waals surface area contributed by atoms with Gasteiger partial charge in [0.25, 0.3) is 0 Å². The highest BCUT2D eigenvalue weighted by atomic mass is 79.9. The number of carbonyl (C=O) groups is 1. The quantitative estimate of drug-likeness (QED) is 0.877. The van der Waals surface area contributed by atoms with Gasteiger partial charge in [0.15, 0.2) is 11.6 Å². The van der Waals surface area contributed by atoms with Gasteiger partial charge in [-0.15, -0.1) is 11.3 Å². The van der Waals surface area contributed by atoms with E-state index in [9.17, 15) is 13.6 Å². The molecule has 0 aliphatic heterocycles. The van der Waals surface area contributed by atoms with Crippen LogP contribution in [0.25, 0.3) is 0 Å². The number of carboxylic acids is 1. The fourth-order valence-electron chi connectivity index (χ4n) is 1.59. The molecular weight excluding hydrogens is 354 g/mol. The van der Waals surface area contributed by atoms with E-state index in [1.165, 1.54) is 6.07 Å². The van der Waals surface area contributed by atoms with Crippen LogP contribution in [0, 0.1) is 18.6 Å². The molecule has 0 aliphatic rings. The van der Waals surface area contributed by atoms with E-state index in [1.807, 2.05) is 0 Å². The Morgan fingerprint density at radius 2 is 2.10 bits per heavy atom. The molecule has 1 aromatic carbocycles. The van der Waals surface area contributed by atoms with Gasteiger partial charge in [-0.3, -0.25) is 0 Å². The molecule has 0 atom stereocenters. The number of ether oxygens (including phenoxy) is 1. The lowest BCUT2D eigenvalue weighted by molar-refractivity contribution is 0.0702. The lowest BCUT2D eigenvalue weighted by atomic mass is 10.2. The van der Waals surface area contributed by atoms with E-state index in [2.05, 4.69) is 15.9 Å². The Balaban J connectivity index is 2.19. The van der Waals surface area contributed by atoms with Crippen molar-refractivity contribution in [2.24, 2.45) is 0 Å². The highest BCUT2D eigenvalue weighted by Crippen LogP contribution is 2.31. The first-order chi connectivity index (χ1) is 9.38. The van der Waals surface area contributed by atoms with Crippen LogP contribution in [0.4, 0.5) is 8.78 Å². The van der Waals surface area contributed by atoms with Crippen LogP contribution in [0.5, 0.6) is 5.75 Å². The predicted octanol–water partition coefficient (Wildman–Crippen LogP) is 4.37. The van der Waals surface area contributed by atoms with Gasteiger partial charge in [-0.2, -0.15) is 0 Å². The molecular formula is C13H9BrF2O3S. The van der Waals surface area contributed by atoms with Crippen molar-refractivity contribution in [2.75, 3.05) is 0 Å². The number of rotatable bonds is 4. The number of carboxylic acid groups (broad SMARTS) is 1. The molecule has 0 unspecified atom stereocenters. The minimum absolute atomic E-state index is 0.0107. The van der Waals surface area contributed by atoms with Gasteiger partial charge in [0.2, 0.25) is 0 Å². The summed E-state index contributed by atoms with van der Waals surface area (Å²) >= 11 is 4.15. The van der Waals surface area contributed by atoms with Crippen LogP contribution in [-0.4, -0.2) is 11.1 Å². The number of aryl methyl sites for hydroxylation is 1. The van der Waals surface area contributed by atoms with E-state index in [4.69, 9.17) is 9.84 Å². The number of halogens is 3. The number of hydrogen-bond donors (Lipinski definition) is 1. The zero-order chi connectivity index (χ0) is 14.9.